The van der Waals surface area contributed by atoms with Crippen LogP contribution in [0.15, 0.2) is 48.5 Å². The van der Waals surface area contributed by atoms with Crippen molar-refractivity contribution >= 4 is 0 Å². The Morgan fingerprint density at radius 2 is 1.67 bits per heavy atom. The van der Waals surface area contributed by atoms with Crippen molar-refractivity contribution in [1.29, 1.82) is 0 Å². The van der Waals surface area contributed by atoms with Gasteiger partial charge < -0.3 is 9.84 Å². The molecule has 1 N–H and O–H groups in total. The summed E-state index contributed by atoms with van der Waals surface area (Å²) in [6.45, 7) is 0.527. The topological polar surface area (TPSA) is 29.5 Å². The summed E-state index contributed by atoms with van der Waals surface area (Å²) in [5.74, 6) is 6.14. The smallest absolute Gasteiger partial charge is 0.108 e. The van der Waals surface area contributed by atoms with E-state index >= 15 is 0 Å². The van der Waals surface area contributed by atoms with Crippen molar-refractivity contribution in [2.24, 2.45) is 0 Å². The minimum absolute atomic E-state index is 0.0685. The van der Waals surface area contributed by atoms with Gasteiger partial charge in [-0.2, -0.15) is 0 Å². The Bertz CT molecular complexity index is 637. The molecular weight excluding hydrogens is 260 g/mol. The maximum atomic E-state index is 8.98. The second-order valence-electron chi connectivity index (χ2n) is 5.27. The van der Waals surface area contributed by atoms with Crippen LogP contribution in [-0.4, -0.2) is 17.8 Å². The maximum Gasteiger partial charge on any atom is 0.108 e. The predicted molar refractivity (Wildman–Crippen MR) is 82.8 cm³/mol. The summed E-state index contributed by atoms with van der Waals surface area (Å²) in [7, 11) is 0. The zero-order chi connectivity index (χ0) is 14.5. The lowest BCUT2D eigenvalue weighted by Crippen LogP contribution is -2.12. The van der Waals surface area contributed by atoms with E-state index in [0.29, 0.717) is 6.61 Å². The number of fused-ring (bicyclic) bond motifs is 1. The molecule has 1 aliphatic carbocycles. The average molecular weight is 278 g/mol. The van der Waals surface area contributed by atoms with E-state index in [1.165, 1.54) is 11.1 Å². The Hall–Kier alpha value is -2.08. The minimum atomic E-state index is 0.0685. The molecule has 2 aromatic carbocycles. The molecule has 0 amide bonds. The van der Waals surface area contributed by atoms with Crippen LogP contribution in [-0.2, 0) is 24.2 Å². The Labute approximate surface area is 125 Å². The molecule has 0 atom stereocenters. The quantitative estimate of drug-likeness (QED) is 0.875. The van der Waals surface area contributed by atoms with Gasteiger partial charge in [-0.3, -0.25) is 0 Å². The van der Waals surface area contributed by atoms with Crippen molar-refractivity contribution in [2.45, 2.75) is 25.6 Å². The fourth-order valence-corrected chi connectivity index (χ4v) is 2.63. The highest BCUT2D eigenvalue weighted by atomic mass is 16.5. The zero-order valence-electron chi connectivity index (χ0n) is 11.9. The van der Waals surface area contributed by atoms with Crippen LogP contribution in [0.5, 0.6) is 0 Å². The van der Waals surface area contributed by atoms with Crippen LogP contribution in [0, 0.1) is 11.8 Å². The molecule has 2 heteroatoms. The molecule has 0 unspecified atom stereocenters. The molecule has 0 fully saturated rings. The second kappa shape index (κ2) is 6.58. The molecule has 0 spiro atoms. The van der Waals surface area contributed by atoms with Gasteiger partial charge in [0.15, 0.2) is 0 Å². The van der Waals surface area contributed by atoms with Gasteiger partial charge in [-0.25, -0.2) is 0 Å². The normalized spacial score (nSPS) is 13.6. The molecule has 3 rings (SSSR count). The van der Waals surface area contributed by atoms with Crippen LogP contribution in [0.3, 0.4) is 0 Å². The van der Waals surface area contributed by atoms with E-state index in [9.17, 15) is 0 Å². The van der Waals surface area contributed by atoms with Gasteiger partial charge in [0, 0.05) is 5.56 Å². The maximum absolute atomic E-state index is 8.98. The number of benzene rings is 2. The second-order valence-corrected chi connectivity index (χ2v) is 5.27. The number of aliphatic hydroxyl groups is 1. The van der Waals surface area contributed by atoms with E-state index in [2.05, 4.69) is 36.1 Å². The van der Waals surface area contributed by atoms with Crippen LogP contribution in [0.1, 0.15) is 22.3 Å². The van der Waals surface area contributed by atoms with Crippen molar-refractivity contribution in [3.8, 4) is 11.8 Å². The van der Waals surface area contributed by atoms with Gasteiger partial charge in [0.1, 0.15) is 6.61 Å². The molecule has 0 saturated carbocycles. The van der Waals surface area contributed by atoms with E-state index < -0.39 is 0 Å². The summed E-state index contributed by atoms with van der Waals surface area (Å²) < 4.78 is 5.84. The molecule has 0 saturated heterocycles. The Morgan fingerprint density at radius 1 is 1.00 bits per heavy atom. The minimum Gasteiger partial charge on any atom is -0.392 e. The summed E-state index contributed by atoms with van der Waals surface area (Å²) >= 11 is 0. The van der Waals surface area contributed by atoms with E-state index in [-0.39, 0.29) is 12.7 Å². The Kier molecular flexibility index (Phi) is 4.35. The molecule has 106 valence electrons. The molecule has 0 bridgehead atoms. The van der Waals surface area contributed by atoms with Crippen molar-refractivity contribution in [1.82, 2.24) is 0 Å². The third-order valence-electron chi connectivity index (χ3n) is 3.77. The highest BCUT2D eigenvalue weighted by molar-refractivity contribution is 5.36. The fourth-order valence-electron chi connectivity index (χ4n) is 2.63. The van der Waals surface area contributed by atoms with Gasteiger partial charge in [-0.15, -0.1) is 0 Å². The standard InChI is InChI=1S/C19H18O2/c20-14-16-9-7-15(8-10-16)4-3-11-21-19-12-17-5-1-2-6-18(17)13-19/h1-2,5-10,19-20H,11-14H2. The summed E-state index contributed by atoms with van der Waals surface area (Å²) in [6.07, 6.45) is 2.24. The summed E-state index contributed by atoms with van der Waals surface area (Å²) in [4.78, 5) is 0. The van der Waals surface area contributed by atoms with Crippen molar-refractivity contribution in [2.75, 3.05) is 6.61 Å². The van der Waals surface area contributed by atoms with E-state index in [0.717, 1.165) is 24.0 Å². The lowest BCUT2D eigenvalue weighted by molar-refractivity contribution is 0.0863. The van der Waals surface area contributed by atoms with Crippen LogP contribution < -0.4 is 0 Å². The lowest BCUT2D eigenvalue weighted by atomic mass is 10.1. The first-order valence-corrected chi connectivity index (χ1v) is 7.22. The first kappa shape index (κ1) is 13.9. The molecule has 1 aliphatic rings. The number of ether oxygens (including phenoxy) is 1. The highest BCUT2D eigenvalue weighted by Gasteiger charge is 2.20. The van der Waals surface area contributed by atoms with Gasteiger partial charge in [-0.1, -0.05) is 48.2 Å². The molecule has 0 aromatic heterocycles. The number of rotatable bonds is 3. The average Bonchev–Trinajstić information content (AvgIpc) is 2.95. The SMILES string of the molecule is OCc1ccc(C#CCOC2Cc3ccccc3C2)cc1. The van der Waals surface area contributed by atoms with Crippen LogP contribution >= 0.6 is 0 Å². The first-order chi connectivity index (χ1) is 10.3. The lowest BCUT2D eigenvalue weighted by Gasteiger charge is -2.07. The van der Waals surface area contributed by atoms with E-state index in [1.807, 2.05) is 24.3 Å². The summed E-state index contributed by atoms with van der Waals surface area (Å²) in [5, 5.41) is 8.98. The monoisotopic (exact) mass is 278 g/mol. The molecule has 21 heavy (non-hydrogen) atoms. The molecular formula is C19H18O2. The third-order valence-corrected chi connectivity index (χ3v) is 3.77. The van der Waals surface area contributed by atoms with Gasteiger partial charge in [0.2, 0.25) is 0 Å². The van der Waals surface area contributed by atoms with Crippen LogP contribution in [0.25, 0.3) is 0 Å². The van der Waals surface area contributed by atoms with Crippen molar-refractivity contribution in [3.63, 3.8) is 0 Å². The first-order valence-electron chi connectivity index (χ1n) is 7.22. The number of hydrogen-bond acceptors (Lipinski definition) is 2. The van der Waals surface area contributed by atoms with Gasteiger partial charge in [0.25, 0.3) is 0 Å². The van der Waals surface area contributed by atoms with Gasteiger partial charge >= 0.3 is 0 Å². The fraction of sp³-hybridized carbons (Fsp3) is 0.263. The summed E-state index contributed by atoms with van der Waals surface area (Å²) in [5.41, 5.74) is 4.65. The molecule has 2 nitrogen and oxygen atoms in total. The number of hydrogen-bond donors (Lipinski definition) is 1. The predicted octanol–water partition coefficient (Wildman–Crippen LogP) is 2.71. The third kappa shape index (κ3) is 3.52. The zero-order valence-corrected chi connectivity index (χ0v) is 11.9. The largest absolute Gasteiger partial charge is 0.392 e. The van der Waals surface area contributed by atoms with E-state index in [1.54, 1.807) is 0 Å². The molecule has 0 radical (unpaired) electrons. The van der Waals surface area contributed by atoms with Gasteiger partial charge in [-0.05, 0) is 41.7 Å². The highest BCUT2D eigenvalue weighted by Crippen LogP contribution is 2.23. The van der Waals surface area contributed by atoms with E-state index in [4.69, 9.17) is 9.84 Å². The Morgan fingerprint density at radius 3 is 2.29 bits per heavy atom. The molecule has 0 heterocycles. The molecule has 2 aromatic rings. The van der Waals surface area contributed by atoms with Crippen LogP contribution in [0.2, 0.25) is 0 Å². The number of aliphatic hydroxyl groups excluding tert-OH is 1. The van der Waals surface area contributed by atoms with Crippen LogP contribution in [0.4, 0.5) is 0 Å². The summed E-state index contributed by atoms with van der Waals surface area (Å²) in [6, 6.07) is 16.1. The molecule has 0 aliphatic heterocycles. The van der Waals surface area contributed by atoms with Gasteiger partial charge in [0.05, 0.1) is 12.7 Å². The van der Waals surface area contributed by atoms with Crippen molar-refractivity contribution < 1.29 is 9.84 Å². The van der Waals surface area contributed by atoms with Crippen molar-refractivity contribution in [3.05, 3.63) is 70.8 Å². The Balaban J connectivity index is 1.50.